The molecule has 2 aromatic rings. The van der Waals surface area contributed by atoms with E-state index in [4.69, 9.17) is 26.8 Å². The maximum absolute atomic E-state index is 13.6. The van der Waals surface area contributed by atoms with Crippen molar-refractivity contribution < 1.29 is 33.0 Å². The van der Waals surface area contributed by atoms with Crippen molar-refractivity contribution in [3.63, 3.8) is 0 Å². The minimum atomic E-state index is -1.13. The number of Topliss-reactive ketones (excluding diaryl/α,β-unsaturated/α-hetero) is 1. The van der Waals surface area contributed by atoms with Gasteiger partial charge >= 0.3 is 5.97 Å². The van der Waals surface area contributed by atoms with E-state index in [1.165, 1.54) is 19.1 Å². The highest BCUT2D eigenvalue weighted by Gasteiger charge is 2.47. The van der Waals surface area contributed by atoms with Gasteiger partial charge in [0.1, 0.15) is 23.7 Å². The number of ketones is 1. The quantitative estimate of drug-likeness (QED) is 0.362. The maximum Gasteiger partial charge on any atom is 0.325 e. The number of carbonyl (C=O) groups is 4. The summed E-state index contributed by atoms with van der Waals surface area (Å²) in [6.07, 6.45) is -1.07. The number of nitrogens with one attached hydrogen (secondary N) is 2. The fourth-order valence-electron chi connectivity index (χ4n) is 3.66. The molecule has 1 heterocycles. The number of halogens is 3. The molecule has 0 spiro atoms. The third-order valence-electron chi connectivity index (χ3n) is 5.45. The zero-order valence-corrected chi connectivity index (χ0v) is 21.3. The second-order valence-corrected chi connectivity index (χ2v) is 8.89. The maximum atomic E-state index is 13.6. The Kier molecular flexibility index (Phi) is 9.42. The predicted molar refractivity (Wildman–Crippen MR) is 132 cm³/mol. The Hall–Kier alpha value is -3.21. The van der Waals surface area contributed by atoms with E-state index in [0.717, 1.165) is 6.07 Å². The Morgan fingerprint density at radius 1 is 1.14 bits per heavy atom. The van der Waals surface area contributed by atoms with Crippen LogP contribution in [0.5, 0.6) is 5.75 Å². The van der Waals surface area contributed by atoms with Gasteiger partial charge in [0, 0.05) is 16.7 Å². The van der Waals surface area contributed by atoms with Crippen LogP contribution in [0.3, 0.4) is 0 Å². The molecule has 0 fully saturated rings. The minimum Gasteiger partial charge on any atom is -0.484 e. The van der Waals surface area contributed by atoms with Crippen LogP contribution in [0.15, 0.2) is 36.4 Å². The standard InChI is InChI=1S/C24H25ClFN3O6.ClH/c1-12(30)13-5-7-18-15(8-13)21(29-23(33)14-4-6-17(26)16(25)9-14)22(24(2,3)35-18)34-20(32)11-28-19(31)10-27;/h4-9,21-22H,10-11,27H2,1-3H3,(H,28,31)(H,29,33);1H/t21-,22-;/m0./s1. The van der Waals surface area contributed by atoms with Crippen LogP contribution >= 0.6 is 24.0 Å². The summed E-state index contributed by atoms with van der Waals surface area (Å²) in [5.41, 5.74) is 4.95. The number of hydrogen-bond donors (Lipinski definition) is 3. The number of hydrogen-bond acceptors (Lipinski definition) is 7. The van der Waals surface area contributed by atoms with Gasteiger partial charge in [0.05, 0.1) is 17.6 Å². The molecule has 0 saturated carbocycles. The number of esters is 1. The van der Waals surface area contributed by atoms with Gasteiger partial charge in [0.25, 0.3) is 5.91 Å². The van der Waals surface area contributed by atoms with E-state index in [1.807, 2.05) is 0 Å². The average Bonchev–Trinajstić information content (AvgIpc) is 2.80. The number of benzene rings is 2. The minimum absolute atomic E-state index is 0. The van der Waals surface area contributed by atoms with Crippen LogP contribution in [-0.2, 0) is 14.3 Å². The molecule has 4 N–H and O–H groups in total. The first-order valence-corrected chi connectivity index (χ1v) is 11.1. The fourth-order valence-corrected chi connectivity index (χ4v) is 3.84. The van der Waals surface area contributed by atoms with Gasteiger partial charge in [-0.05, 0) is 57.2 Å². The van der Waals surface area contributed by atoms with Crippen LogP contribution in [0.1, 0.15) is 53.1 Å². The molecule has 1 aliphatic rings. The summed E-state index contributed by atoms with van der Waals surface area (Å²) in [6, 6.07) is 7.27. The van der Waals surface area contributed by atoms with E-state index in [0.29, 0.717) is 16.9 Å². The highest BCUT2D eigenvalue weighted by atomic mass is 35.5. The SMILES string of the molecule is CC(=O)c1ccc2c(c1)[C@H](NC(=O)c1ccc(F)c(Cl)c1)[C@H](OC(=O)CNC(=O)CN)C(C)(C)O2.Cl. The van der Waals surface area contributed by atoms with Crippen molar-refractivity contribution in [2.45, 2.75) is 38.5 Å². The Morgan fingerprint density at radius 2 is 1.81 bits per heavy atom. The van der Waals surface area contributed by atoms with Gasteiger partial charge in [-0.3, -0.25) is 19.2 Å². The highest BCUT2D eigenvalue weighted by molar-refractivity contribution is 6.31. The first kappa shape index (κ1) is 29.0. The zero-order valence-electron chi connectivity index (χ0n) is 19.7. The average molecular weight is 542 g/mol. The van der Waals surface area contributed by atoms with Gasteiger partial charge in [0.2, 0.25) is 5.91 Å². The van der Waals surface area contributed by atoms with Gasteiger partial charge in [-0.15, -0.1) is 12.4 Å². The molecule has 0 saturated heterocycles. The number of amides is 2. The second kappa shape index (κ2) is 11.7. The number of nitrogens with two attached hydrogens (primary N) is 1. The van der Waals surface area contributed by atoms with E-state index in [2.05, 4.69) is 10.6 Å². The summed E-state index contributed by atoms with van der Waals surface area (Å²) in [5.74, 6) is -2.47. The van der Waals surface area contributed by atoms with E-state index in [-0.39, 0.29) is 35.3 Å². The number of fused-ring (bicyclic) bond motifs is 1. The number of rotatable bonds is 7. The van der Waals surface area contributed by atoms with Crippen molar-refractivity contribution in [2.24, 2.45) is 5.73 Å². The molecule has 2 atom stereocenters. The lowest BCUT2D eigenvalue weighted by atomic mass is 9.85. The Balaban J connectivity index is 0.00000456. The van der Waals surface area contributed by atoms with E-state index < -0.39 is 47.9 Å². The molecule has 12 heteroatoms. The smallest absolute Gasteiger partial charge is 0.325 e. The first-order valence-electron chi connectivity index (χ1n) is 10.7. The largest absolute Gasteiger partial charge is 0.484 e. The second-order valence-electron chi connectivity index (χ2n) is 8.49. The van der Waals surface area contributed by atoms with Crippen LogP contribution in [0.4, 0.5) is 4.39 Å². The number of carbonyl (C=O) groups excluding carboxylic acids is 4. The van der Waals surface area contributed by atoms with Crippen molar-refractivity contribution in [3.05, 3.63) is 63.9 Å². The third-order valence-corrected chi connectivity index (χ3v) is 5.74. The lowest BCUT2D eigenvalue weighted by molar-refractivity contribution is -0.164. The molecule has 1 aliphatic heterocycles. The lowest BCUT2D eigenvalue weighted by Crippen LogP contribution is -2.56. The van der Waals surface area contributed by atoms with Gasteiger partial charge in [-0.1, -0.05) is 11.6 Å². The molecule has 2 aromatic carbocycles. The van der Waals surface area contributed by atoms with Gasteiger partial charge in [0.15, 0.2) is 11.9 Å². The molecule has 0 radical (unpaired) electrons. The Morgan fingerprint density at radius 3 is 2.42 bits per heavy atom. The lowest BCUT2D eigenvalue weighted by Gasteiger charge is -2.44. The molecule has 0 aromatic heterocycles. The number of ether oxygens (including phenoxy) is 2. The Bertz CT molecular complexity index is 1190. The fraction of sp³-hybridized carbons (Fsp3) is 0.333. The summed E-state index contributed by atoms with van der Waals surface area (Å²) >= 11 is 5.83. The van der Waals surface area contributed by atoms with Gasteiger partial charge in [-0.25, -0.2) is 4.39 Å². The van der Waals surface area contributed by atoms with Crippen LogP contribution in [0.25, 0.3) is 0 Å². The molecule has 3 rings (SSSR count). The normalized spacial score (nSPS) is 17.5. The van der Waals surface area contributed by atoms with Crippen LogP contribution in [0.2, 0.25) is 5.02 Å². The van der Waals surface area contributed by atoms with Crippen molar-refractivity contribution in [1.82, 2.24) is 10.6 Å². The molecule has 0 bridgehead atoms. The molecule has 0 aliphatic carbocycles. The van der Waals surface area contributed by atoms with Crippen LogP contribution in [0, 0.1) is 5.82 Å². The van der Waals surface area contributed by atoms with Crippen LogP contribution < -0.4 is 21.1 Å². The highest BCUT2D eigenvalue weighted by Crippen LogP contribution is 2.42. The van der Waals surface area contributed by atoms with Crippen LogP contribution in [-0.4, -0.2) is 48.4 Å². The third kappa shape index (κ3) is 6.51. The van der Waals surface area contributed by atoms with E-state index in [1.54, 1.807) is 32.0 Å². The molecule has 36 heavy (non-hydrogen) atoms. The molecule has 2 amide bonds. The molecule has 9 nitrogen and oxygen atoms in total. The van der Waals surface area contributed by atoms with Crippen molar-refractivity contribution in [1.29, 1.82) is 0 Å². The van der Waals surface area contributed by atoms with Crippen molar-refractivity contribution in [3.8, 4) is 5.75 Å². The Labute approximate surface area is 218 Å². The van der Waals surface area contributed by atoms with Gasteiger partial charge in [-0.2, -0.15) is 0 Å². The van der Waals surface area contributed by atoms with E-state index >= 15 is 0 Å². The summed E-state index contributed by atoms with van der Waals surface area (Å²) in [6.45, 7) is 3.97. The summed E-state index contributed by atoms with van der Waals surface area (Å²) in [4.78, 5) is 49.0. The molecular weight excluding hydrogens is 516 g/mol. The van der Waals surface area contributed by atoms with Gasteiger partial charge < -0.3 is 25.8 Å². The first-order chi connectivity index (χ1) is 16.4. The summed E-state index contributed by atoms with van der Waals surface area (Å²) in [5, 5.41) is 4.89. The van der Waals surface area contributed by atoms with Crippen molar-refractivity contribution >= 4 is 47.6 Å². The predicted octanol–water partition coefficient (Wildman–Crippen LogP) is 2.73. The zero-order chi connectivity index (χ0) is 25.9. The van der Waals surface area contributed by atoms with E-state index in [9.17, 15) is 23.6 Å². The summed E-state index contributed by atoms with van der Waals surface area (Å²) < 4.78 is 25.3. The monoisotopic (exact) mass is 541 g/mol. The van der Waals surface area contributed by atoms with Crippen molar-refractivity contribution in [2.75, 3.05) is 13.1 Å². The molecular formula is C24H26Cl2FN3O6. The molecule has 194 valence electrons. The summed E-state index contributed by atoms with van der Waals surface area (Å²) in [7, 11) is 0. The topological polar surface area (TPSA) is 137 Å². The molecule has 0 unspecified atom stereocenters.